The number of aromatic amines is 1. The van der Waals surface area contributed by atoms with Gasteiger partial charge in [0.15, 0.2) is 12.1 Å². The van der Waals surface area contributed by atoms with Crippen LogP contribution in [-0.2, 0) is 90.6 Å². The van der Waals surface area contributed by atoms with Crippen molar-refractivity contribution in [2.24, 2.45) is 23.3 Å². The molecular weight excluding hydrogens is 1190 g/mol. The highest BCUT2D eigenvalue weighted by molar-refractivity contribution is 8.76. The molecule has 0 radical (unpaired) electrons. The Hall–Kier alpha value is -7.20. The van der Waals surface area contributed by atoms with Gasteiger partial charge in [-0.2, -0.15) is 0 Å². The molecule has 2 fully saturated rings. The monoisotopic (exact) mass is 1280 g/mol. The quantitative estimate of drug-likeness (QED) is 0.0590. The van der Waals surface area contributed by atoms with Crippen LogP contribution in [0.25, 0.3) is 10.9 Å². The van der Waals surface area contributed by atoms with Crippen molar-refractivity contribution in [2.45, 2.75) is 131 Å². The van der Waals surface area contributed by atoms with Crippen LogP contribution in [0, 0.1) is 11.8 Å². The van der Waals surface area contributed by atoms with Gasteiger partial charge in [0.2, 0.25) is 53.2 Å². The van der Waals surface area contributed by atoms with E-state index in [0.717, 1.165) is 9.80 Å². The predicted octanol–water partition coefficient (Wildman–Crippen LogP) is -0.645. The third kappa shape index (κ3) is 17.1. The fourth-order valence-electron chi connectivity index (χ4n) is 10.1. The van der Waals surface area contributed by atoms with E-state index in [-0.39, 0.29) is 71.4 Å². The number of ether oxygens (including phenoxy) is 3. The second kappa shape index (κ2) is 29.9. The number of primary amides is 1. The molecule has 15 N–H and O–H groups in total. The Morgan fingerprint density at radius 1 is 0.895 bits per heavy atom. The number of phenols is 1. The number of carbonyl (C=O) groups excluding carboxylic acids is 10. The van der Waals surface area contributed by atoms with E-state index in [1.807, 2.05) is 0 Å². The highest BCUT2D eigenvalue weighted by Crippen LogP contribution is 2.38. The van der Waals surface area contributed by atoms with Gasteiger partial charge in [0.05, 0.1) is 67.0 Å². The van der Waals surface area contributed by atoms with Gasteiger partial charge in [0.25, 0.3) is 0 Å². The van der Waals surface area contributed by atoms with E-state index in [1.54, 1.807) is 32.0 Å². The van der Waals surface area contributed by atoms with Crippen molar-refractivity contribution in [3.63, 3.8) is 0 Å². The molecule has 1 aromatic heterocycles. The molecule has 9 amide bonds. The van der Waals surface area contributed by atoms with Crippen LogP contribution in [0.1, 0.15) is 82.8 Å². The number of phenolic OH excluding ortho intramolecular Hbond substituents is 1. The lowest BCUT2D eigenvalue weighted by Crippen LogP contribution is -2.62. The zero-order valence-electron chi connectivity index (χ0n) is 47.4. The number of nitrogens with one attached hydrogen (secondary N) is 8. The van der Waals surface area contributed by atoms with E-state index in [1.165, 1.54) is 53.6 Å². The number of aromatic nitrogens is 1. The zero-order valence-corrected chi connectivity index (χ0v) is 49.8. The van der Waals surface area contributed by atoms with E-state index in [9.17, 15) is 67.5 Å². The van der Waals surface area contributed by atoms with Crippen LogP contribution in [0.15, 0.2) is 46.3 Å². The van der Waals surface area contributed by atoms with Crippen LogP contribution in [0.3, 0.4) is 0 Å². The van der Waals surface area contributed by atoms with Crippen LogP contribution in [0.5, 0.6) is 5.75 Å². The Morgan fingerprint density at radius 3 is 2.31 bits per heavy atom. The number of aliphatic hydroxyl groups excluding tert-OH is 1. The number of aliphatic hydroxyl groups is 1. The van der Waals surface area contributed by atoms with E-state index in [2.05, 4.69) is 42.2 Å². The number of aromatic hydroxyl groups is 1. The number of H-pyrrole nitrogens is 1. The van der Waals surface area contributed by atoms with Crippen molar-refractivity contribution in [1.29, 1.82) is 0 Å². The topological polar surface area (TPSA) is 448 Å². The maximum atomic E-state index is 15.3. The molecule has 486 valence electrons. The molecule has 86 heavy (non-hydrogen) atoms. The SMILES string of the molecule is CCC(C)C1NC(=O)CNC(=O)C2Cc3c([nH]c4cc(O)ccc34)S(=O)CC(NC(=O)CNC1=O)C(=O)NC(CC(N)=O)C(=O)N1CC(O)CC1C(=O)NC(C(C)C1COC(c3ccc(SSCC(N)C(=O)O)c(CCOCC(C)=O)c3)O1)C(=O)N2.[HH].[HH].[HH].[HH].[HH].[HH].[HH].[HH].[HH]. The molecule has 5 heterocycles. The number of carboxylic acid groups (broad SMARTS) is 1. The van der Waals surface area contributed by atoms with Crippen molar-refractivity contribution in [1.82, 2.24) is 47.1 Å². The minimum absolute atomic E-state index is 0. The first-order chi connectivity index (χ1) is 40.8. The molecule has 4 aliphatic heterocycles. The predicted molar refractivity (Wildman–Crippen MR) is 327 cm³/mol. The molecule has 13 atom stereocenters. The van der Waals surface area contributed by atoms with Gasteiger partial charge >= 0.3 is 5.97 Å². The van der Waals surface area contributed by atoms with Gasteiger partial charge in [-0.1, -0.05) is 54.8 Å². The standard InChI is InChI=1S/C54H71N11O18S3.9H2/c1-5-24(2)44-49(75)58-17-42(70)59-37-23-86(80)51-32(31-8-7-29(67)13-34(31)62-51)15-35(46(72)57-18-43(71)63-44)60-50(76)45(64-48(74)38-14-30(68)19-65(38)52(77)36(16-41(56)69)61-47(37)73)26(4)39-21-82-54(83-39)28-6-9-40(85-84-22-33(55)53(78)79)27(12-28)10-11-81-20-25(3)66;;;;;;;;;/h6-9,12-13,24,26,30,33,35-39,44-45,54,62,67-68H,5,10-11,14-23,55H2,1-4H3,(H2,56,69)(H,57,72)(H,58,75)(H,59,70)(H,60,76)(H,61,73)(H,63,71)(H,64,74)(H,78,79);9*1H. The zero-order chi connectivity index (χ0) is 62.7. The smallest absolute Gasteiger partial charge is 0.321 e. The van der Waals surface area contributed by atoms with E-state index >= 15 is 4.79 Å². The molecule has 3 aromatic rings. The Bertz CT molecular complexity index is 3170. The first-order valence-corrected chi connectivity index (χ1v) is 31.2. The maximum Gasteiger partial charge on any atom is 0.321 e. The number of nitrogens with zero attached hydrogens (tertiary/aromatic N) is 1. The molecule has 0 spiro atoms. The molecule has 29 nitrogen and oxygen atoms in total. The van der Waals surface area contributed by atoms with Gasteiger partial charge in [-0.15, -0.1) is 0 Å². The van der Waals surface area contributed by atoms with Gasteiger partial charge in [0.1, 0.15) is 59.7 Å². The second-order valence-corrected chi connectivity index (χ2v) is 25.2. The van der Waals surface area contributed by atoms with Gasteiger partial charge in [0, 0.05) is 65.8 Å². The molecule has 2 aromatic carbocycles. The Labute approximate surface area is 516 Å². The summed E-state index contributed by atoms with van der Waals surface area (Å²) in [4.78, 5) is 155. The average molecular weight is 1280 g/mol. The number of benzene rings is 2. The Morgan fingerprint density at radius 2 is 1.62 bits per heavy atom. The van der Waals surface area contributed by atoms with Gasteiger partial charge < -0.3 is 88.1 Å². The molecule has 0 aliphatic carbocycles. The van der Waals surface area contributed by atoms with Crippen LogP contribution in [0.4, 0.5) is 0 Å². The number of hydrogen-bond acceptors (Lipinski definition) is 20. The van der Waals surface area contributed by atoms with Gasteiger partial charge in [-0.3, -0.25) is 56.9 Å². The Kier molecular flexibility index (Phi) is 23.1. The number of aliphatic carboxylic acids is 1. The highest BCUT2D eigenvalue weighted by atomic mass is 33.1. The lowest BCUT2D eigenvalue weighted by molar-refractivity contribution is -0.144. The van der Waals surface area contributed by atoms with Gasteiger partial charge in [-0.25, -0.2) is 0 Å². The van der Waals surface area contributed by atoms with E-state index in [4.69, 9.17) is 25.7 Å². The molecule has 7 rings (SSSR count). The average Bonchev–Trinajstić information content (AvgIpc) is 1.67. The lowest BCUT2D eigenvalue weighted by Gasteiger charge is -2.33. The van der Waals surface area contributed by atoms with E-state index in [0.29, 0.717) is 24.0 Å². The van der Waals surface area contributed by atoms with Crippen molar-refractivity contribution in [3.05, 3.63) is 53.1 Å². The summed E-state index contributed by atoms with van der Waals surface area (Å²) in [6, 6.07) is -1.91. The molecule has 32 heteroatoms. The summed E-state index contributed by atoms with van der Waals surface area (Å²) in [5.41, 5.74) is 12.8. The third-order valence-electron chi connectivity index (χ3n) is 14.9. The lowest BCUT2D eigenvalue weighted by atomic mass is 9.93. The minimum Gasteiger partial charge on any atom is -0.508 e. The van der Waals surface area contributed by atoms with Crippen LogP contribution < -0.4 is 48.7 Å². The van der Waals surface area contributed by atoms with Crippen molar-refractivity contribution >= 4 is 108 Å². The molecule has 2 bridgehead atoms. The maximum absolute atomic E-state index is 15.3. The largest absolute Gasteiger partial charge is 0.508 e. The number of fused-ring (bicyclic) bond motifs is 5. The summed E-state index contributed by atoms with van der Waals surface area (Å²) >= 11 is 0. The minimum atomic E-state index is -2.42. The number of nitrogens with two attached hydrogens (primary N) is 2. The number of rotatable bonds is 17. The van der Waals surface area contributed by atoms with Crippen LogP contribution in [0.2, 0.25) is 0 Å². The van der Waals surface area contributed by atoms with Gasteiger partial charge in [-0.05, 0) is 54.7 Å². The summed E-state index contributed by atoms with van der Waals surface area (Å²) in [7, 11) is 0.0635. The van der Waals surface area contributed by atoms with Crippen molar-refractivity contribution < 1.29 is 99.3 Å². The summed E-state index contributed by atoms with van der Waals surface area (Å²) in [6.45, 7) is 4.03. The number of amides is 9. The first-order valence-electron chi connectivity index (χ1n) is 27.6. The number of hydrogen-bond donors (Lipinski definition) is 13. The number of carbonyl (C=O) groups is 11. The number of carboxylic acids is 1. The Balaban J connectivity index is -0.00000940. The molecule has 13 unspecified atom stereocenters. The highest BCUT2D eigenvalue weighted by Gasteiger charge is 2.46. The van der Waals surface area contributed by atoms with Crippen LogP contribution in [-0.4, -0.2) is 200 Å². The summed E-state index contributed by atoms with van der Waals surface area (Å²) in [5.74, 6) is -13.1. The summed E-state index contributed by atoms with van der Waals surface area (Å²) in [6.07, 6.45) is -4.70. The first kappa shape index (κ1) is 66.3. The molecule has 4 aliphatic rings. The summed E-state index contributed by atoms with van der Waals surface area (Å²) < 4.78 is 33.2. The molecular formula is C54H89N11O18S3. The van der Waals surface area contributed by atoms with Crippen LogP contribution >= 0.6 is 21.6 Å². The van der Waals surface area contributed by atoms with Crippen molar-refractivity contribution in [3.8, 4) is 5.75 Å². The van der Waals surface area contributed by atoms with Crippen molar-refractivity contribution in [2.75, 3.05) is 51.0 Å². The fraction of sp³-hybridized carbons (Fsp3) is 0.537. The molecule has 0 saturated carbocycles. The molecule has 2 saturated heterocycles. The third-order valence-corrected chi connectivity index (χ3v) is 18.9. The number of ketones is 1. The summed E-state index contributed by atoms with van der Waals surface area (Å²) in [5, 5.41) is 48.8. The fourth-order valence-corrected chi connectivity index (χ4v) is 13.8. The second-order valence-electron chi connectivity index (χ2n) is 21.4. The van der Waals surface area contributed by atoms with E-state index < -0.39 is 187 Å². The number of Topliss-reactive ketones (excluding diaryl/α,β-unsaturated/α-hetero) is 1. The normalized spacial score (nSPS) is 26.8.